The van der Waals surface area contributed by atoms with Crippen LogP contribution in [-0.2, 0) is 7.05 Å². The third kappa shape index (κ3) is 1.52. The number of piperidine rings is 1. The average Bonchev–Trinajstić information content (AvgIpc) is 2.66. The number of nitrogen functional groups attached to an aromatic ring is 1. The summed E-state index contributed by atoms with van der Waals surface area (Å²) in [6.45, 7) is 1.94. The van der Waals surface area contributed by atoms with Crippen LogP contribution in [0.1, 0.15) is 31.4 Å². The van der Waals surface area contributed by atoms with E-state index in [1.165, 1.54) is 0 Å². The number of aliphatic hydroxyl groups excluding tert-OH is 1. The van der Waals surface area contributed by atoms with Crippen molar-refractivity contribution in [1.82, 2.24) is 9.78 Å². The fourth-order valence-corrected chi connectivity index (χ4v) is 3.46. The van der Waals surface area contributed by atoms with Crippen molar-refractivity contribution >= 4 is 11.5 Å². The Labute approximate surface area is 101 Å². The van der Waals surface area contributed by atoms with Crippen LogP contribution in [0.25, 0.3) is 0 Å². The van der Waals surface area contributed by atoms with Crippen LogP contribution in [0.5, 0.6) is 0 Å². The molecular formula is C12H20N4O. The molecule has 94 valence electrons. The molecule has 2 atom stereocenters. The van der Waals surface area contributed by atoms with Gasteiger partial charge in [-0.05, 0) is 32.6 Å². The van der Waals surface area contributed by atoms with E-state index in [2.05, 4.69) is 10.00 Å². The van der Waals surface area contributed by atoms with Crippen LogP contribution < -0.4 is 10.6 Å². The second-order valence-electron chi connectivity index (χ2n) is 5.36. The Bertz CT molecular complexity index is 428. The molecule has 2 saturated heterocycles. The minimum atomic E-state index is -0.140. The molecule has 2 aliphatic heterocycles. The molecule has 1 aromatic rings. The number of aromatic nitrogens is 2. The van der Waals surface area contributed by atoms with Crippen LogP contribution in [0.2, 0.25) is 0 Å². The van der Waals surface area contributed by atoms with Gasteiger partial charge < -0.3 is 15.7 Å². The average molecular weight is 236 g/mol. The molecule has 0 saturated carbocycles. The van der Waals surface area contributed by atoms with Gasteiger partial charge in [-0.15, -0.1) is 0 Å². The largest absolute Gasteiger partial charge is 0.394 e. The number of nitrogens with zero attached hydrogens (tertiary/aromatic N) is 3. The van der Waals surface area contributed by atoms with Crippen LogP contribution in [0, 0.1) is 6.92 Å². The topological polar surface area (TPSA) is 67.3 Å². The van der Waals surface area contributed by atoms with Crippen molar-refractivity contribution in [2.45, 2.75) is 50.8 Å². The maximum atomic E-state index is 9.82. The fourth-order valence-electron chi connectivity index (χ4n) is 3.46. The second kappa shape index (κ2) is 3.63. The Balaban J connectivity index is 2.00. The molecule has 3 rings (SSSR count). The monoisotopic (exact) mass is 236 g/mol. The first-order valence-electron chi connectivity index (χ1n) is 6.33. The minimum absolute atomic E-state index is 0.140. The lowest BCUT2D eigenvalue weighted by atomic mass is 10.00. The van der Waals surface area contributed by atoms with Crippen molar-refractivity contribution in [3.05, 3.63) is 5.69 Å². The van der Waals surface area contributed by atoms with Crippen LogP contribution >= 0.6 is 0 Å². The molecule has 3 N–H and O–H groups in total. The summed E-state index contributed by atoms with van der Waals surface area (Å²) in [5.41, 5.74) is 7.82. The van der Waals surface area contributed by atoms with Crippen molar-refractivity contribution in [1.29, 1.82) is 0 Å². The van der Waals surface area contributed by atoms with Gasteiger partial charge in [0.15, 0.2) is 5.82 Å². The summed E-state index contributed by atoms with van der Waals surface area (Å²) in [7, 11) is 1.95. The number of fused-ring (bicyclic) bond motifs is 2. The van der Waals surface area contributed by atoms with E-state index >= 15 is 0 Å². The summed E-state index contributed by atoms with van der Waals surface area (Å²) in [5.74, 6) is 1.04. The third-order valence-electron chi connectivity index (χ3n) is 4.19. The van der Waals surface area contributed by atoms with E-state index in [9.17, 15) is 5.11 Å². The molecule has 2 aliphatic rings. The second-order valence-corrected chi connectivity index (χ2v) is 5.36. The third-order valence-corrected chi connectivity index (χ3v) is 4.19. The number of rotatable bonds is 1. The standard InChI is InChI=1S/C12H20N4O/c1-7-11(13)12(15(2)14-7)16-8-3-4-9(16)6-10(17)5-8/h8-10,17H,3-6,13H2,1-2H3. The summed E-state index contributed by atoms with van der Waals surface area (Å²) in [6, 6.07) is 0.863. The quantitative estimate of drug-likeness (QED) is 0.757. The van der Waals surface area contributed by atoms with Gasteiger partial charge in [-0.1, -0.05) is 0 Å². The molecular weight excluding hydrogens is 216 g/mol. The summed E-state index contributed by atoms with van der Waals surface area (Å²) in [5, 5.41) is 14.2. The number of hydrogen-bond acceptors (Lipinski definition) is 4. The van der Waals surface area contributed by atoms with Gasteiger partial charge in [0.2, 0.25) is 0 Å². The van der Waals surface area contributed by atoms with Crippen LogP contribution in [0.15, 0.2) is 0 Å². The van der Waals surface area contributed by atoms with Gasteiger partial charge in [0.1, 0.15) is 0 Å². The van der Waals surface area contributed by atoms with Gasteiger partial charge in [-0.2, -0.15) is 5.10 Å². The molecule has 1 aromatic heterocycles. The molecule has 0 aliphatic carbocycles. The van der Waals surface area contributed by atoms with Gasteiger partial charge in [0, 0.05) is 19.1 Å². The van der Waals surface area contributed by atoms with E-state index in [0.717, 1.165) is 42.9 Å². The lowest BCUT2D eigenvalue weighted by Gasteiger charge is -2.38. The number of anilines is 2. The van der Waals surface area contributed by atoms with Crippen LogP contribution in [0.4, 0.5) is 11.5 Å². The first kappa shape index (κ1) is 10.9. The van der Waals surface area contributed by atoms with Crippen molar-refractivity contribution < 1.29 is 5.11 Å². The maximum Gasteiger partial charge on any atom is 0.150 e. The maximum absolute atomic E-state index is 9.82. The highest BCUT2D eigenvalue weighted by atomic mass is 16.3. The van der Waals surface area contributed by atoms with E-state index in [4.69, 9.17) is 5.73 Å². The zero-order valence-corrected chi connectivity index (χ0v) is 10.4. The van der Waals surface area contributed by atoms with Crippen LogP contribution in [0.3, 0.4) is 0 Å². The molecule has 3 heterocycles. The molecule has 2 unspecified atom stereocenters. The number of aryl methyl sites for hydroxylation is 2. The van der Waals surface area contributed by atoms with E-state index in [0.29, 0.717) is 12.1 Å². The summed E-state index contributed by atoms with van der Waals surface area (Å²) >= 11 is 0. The lowest BCUT2D eigenvalue weighted by Crippen LogP contribution is -2.45. The van der Waals surface area contributed by atoms with Crippen molar-refractivity contribution in [3.8, 4) is 0 Å². The van der Waals surface area contributed by atoms with E-state index < -0.39 is 0 Å². The van der Waals surface area contributed by atoms with E-state index in [1.807, 2.05) is 18.7 Å². The van der Waals surface area contributed by atoms with E-state index in [-0.39, 0.29) is 6.10 Å². The summed E-state index contributed by atoms with van der Waals surface area (Å²) < 4.78 is 1.88. The minimum Gasteiger partial charge on any atom is -0.394 e. The Morgan fingerprint density at radius 1 is 1.29 bits per heavy atom. The SMILES string of the molecule is Cc1nn(C)c(N2C3CCC2CC(O)C3)c1N. The first-order chi connectivity index (χ1) is 8.08. The zero-order valence-electron chi connectivity index (χ0n) is 10.4. The van der Waals surface area contributed by atoms with Gasteiger partial charge >= 0.3 is 0 Å². The highest BCUT2D eigenvalue weighted by Gasteiger charge is 2.42. The molecule has 0 aromatic carbocycles. The molecule has 0 spiro atoms. The Hall–Kier alpha value is -1.23. The highest BCUT2D eigenvalue weighted by molar-refractivity contribution is 5.67. The lowest BCUT2D eigenvalue weighted by molar-refractivity contribution is 0.125. The van der Waals surface area contributed by atoms with Gasteiger partial charge in [-0.25, -0.2) is 0 Å². The molecule has 2 fully saturated rings. The van der Waals surface area contributed by atoms with E-state index in [1.54, 1.807) is 0 Å². The molecule has 5 nitrogen and oxygen atoms in total. The van der Waals surface area contributed by atoms with Gasteiger partial charge in [-0.3, -0.25) is 4.68 Å². The molecule has 5 heteroatoms. The Kier molecular flexibility index (Phi) is 2.33. The van der Waals surface area contributed by atoms with Crippen LogP contribution in [-0.4, -0.2) is 33.1 Å². The predicted octanol–water partition coefficient (Wildman–Crippen LogP) is 0.803. The molecule has 17 heavy (non-hydrogen) atoms. The number of hydrogen-bond donors (Lipinski definition) is 2. The normalized spacial score (nSPS) is 32.2. The molecule has 2 bridgehead atoms. The molecule has 0 amide bonds. The van der Waals surface area contributed by atoms with Crippen molar-refractivity contribution in [2.24, 2.45) is 7.05 Å². The number of nitrogens with two attached hydrogens (primary N) is 1. The number of aliphatic hydroxyl groups is 1. The van der Waals surface area contributed by atoms with Gasteiger partial charge in [0.25, 0.3) is 0 Å². The van der Waals surface area contributed by atoms with Crippen molar-refractivity contribution in [2.75, 3.05) is 10.6 Å². The zero-order chi connectivity index (χ0) is 12.2. The first-order valence-corrected chi connectivity index (χ1v) is 6.33. The fraction of sp³-hybridized carbons (Fsp3) is 0.750. The van der Waals surface area contributed by atoms with Gasteiger partial charge in [0.05, 0.1) is 17.5 Å². The smallest absolute Gasteiger partial charge is 0.150 e. The summed E-state index contributed by atoms with van der Waals surface area (Å²) in [4.78, 5) is 2.39. The Morgan fingerprint density at radius 2 is 1.88 bits per heavy atom. The Morgan fingerprint density at radius 3 is 2.35 bits per heavy atom. The van der Waals surface area contributed by atoms with Crippen molar-refractivity contribution in [3.63, 3.8) is 0 Å². The molecule has 0 radical (unpaired) electrons. The summed E-state index contributed by atoms with van der Waals surface area (Å²) in [6.07, 6.45) is 3.90. The highest BCUT2D eigenvalue weighted by Crippen LogP contribution is 2.41. The predicted molar refractivity (Wildman–Crippen MR) is 66.9 cm³/mol.